The van der Waals surface area contributed by atoms with Crippen LogP contribution < -0.4 is 10.2 Å². The van der Waals surface area contributed by atoms with Crippen molar-refractivity contribution in [3.8, 4) is 6.07 Å². The lowest BCUT2D eigenvalue weighted by molar-refractivity contribution is -0.117. The zero-order valence-electron chi connectivity index (χ0n) is 18.0. The topological polar surface area (TPSA) is 86.3 Å². The number of hydrogen-bond acceptors (Lipinski definition) is 5. The third-order valence-corrected chi connectivity index (χ3v) is 7.08. The fourth-order valence-corrected chi connectivity index (χ4v) is 5.17. The van der Waals surface area contributed by atoms with E-state index in [1.165, 1.54) is 22.9 Å². The van der Waals surface area contributed by atoms with E-state index in [1.807, 2.05) is 25.1 Å². The summed E-state index contributed by atoms with van der Waals surface area (Å²) in [5.74, 6) is -0.283. The van der Waals surface area contributed by atoms with Crippen LogP contribution in [-0.2, 0) is 22.6 Å². The molecular formula is C25H19Cl2N3O3S. The van der Waals surface area contributed by atoms with Gasteiger partial charge in [-0.05, 0) is 61.4 Å². The number of carbonyl (C=O) groups excluding carboxylic acids is 2. The van der Waals surface area contributed by atoms with Gasteiger partial charge in [0.1, 0.15) is 22.4 Å². The Morgan fingerprint density at radius 3 is 2.65 bits per heavy atom. The molecule has 1 aromatic heterocycles. The molecule has 1 fully saturated rings. The van der Waals surface area contributed by atoms with Gasteiger partial charge in [-0.15, -0.1) is 0 Å². The van der Waals surface area contributed by atoms with E-state index < -0.39 is 11.2 Å². The van der Waals surface area contributed by atoms with E-state index in [2.05, 4.69) is 5.32 Å². The van der Waals surface area contributed by atoms with Crippen LogP contribution in [0, 0.1) is 18.3 Å². The number of thioether (sulfide) groups is 1. The number of benzene rings is 2. The molecule has 1 unspecified atom stereocenters. The minimum Gasteiger partial charge on any atom is -0.467 e. The van der Waals surface area contributed by atoms with Gasteiger partial charge in [0.15, 0.2) is 0 Å². The summed E-state index contributed by atoms with van der Waals surface area (Å²) in [6.45, 7) is 2.06. The predicted molar refractivity (Wildman–Crippen MR) is 133 cm³/mol. The molecule has 2 heterocycles. The Kier molecular flexibility index (Phi) is 7.32. The molecule has 6 nitrogen and oxygen atoms in total. The monoisotopic (exact) mass is 511 g/mol. The molecule has 1 saturated heterocycles. The quantitative estimate of drug-likeness (QED) is 0.342. The van der Waals surface area contributed by atoms with Crippen molar-refractivity contribution < 1.29 is 14.0 Å². The Labute approximate surface area is 211 Å². The van der Waals surface area contributed by atoms with Crippen molar-refractivity contribution in [3.63, 3.8) is 0 Å². The zero-order valence-corrected chi connectivity index (χ0v) is 20.4. The van der Waals surface area contributed by atoms with E-state index in [1.54, 1.807) is 42.5 Å². The number of rotatable bonds is 6. The van der Waals surface area contributed by atoms with Crippen molar-refractivity contribution in [3.05, 3.63) is 98.4 Å². The molecule has 1 atom stereocenters. The third kappa shape index (κ3) is 5.15. The summed E-state index contributed by atoms with van der Waals surface area (Å²) in [5, 5.41) is 13.3. The van der Waals surface area contributed by atoms with Gasteiger partial charge in [0.05, 0.1) is 18.1 Å². The molecule has 0 aliphatic carbocycles. The van der Waals surface area contributed by atoms with Gasteiger partial charge in [-0.3, -0.25) is 14.5 Å². The molecule has 1 aliphatic rings. The van der Waals surface area contributed by atoms with Gasteiger partial charge in [-0.25, -0.2) is 0 Å². The molecule has 2 amide bonds. The van der Waals surface area contributed by atoms with Crippen LogP contribution in [0.25, 0.3) is 0 Å². The van der Waals surface area contributed by atoms with Gasteiger partial charge < -0.3 is 9.73 Å². The Morgan fingerprint density at radius 1 is 1.21 bits per heavy atom. The van der Waals surface area contributed by atoms with E-state index in [0.717, 1.165) is 5.56 Å². The summed E-state index contributed by atoms with van der Waals surface area (Å²) >= 11 is 13.6. The van der Waals surface area contributed by atoms with Crippen LogP contribution in [-0.4, -0.2) is 17.1 Å². The first kappa shape index (κ1) is 24.0. The first-order valence-corrected chi connectivity index (χ1v) is 12.0. The molecule has 0 saturated carbocycles. The average molecular weight is 512 g/mol. The van der Waals surface area contributed by atoms with Crippen molar-refractivity contribution in [2.45, 2.75) is 25.1 Å². The van der Waals surface area contributed by atoms with Crippen LogP contribution in [0.4, 0.5) is 5.69 Å². The Bertz CT molecular complexity index is 1300. The number of hydrogen-bond donors (Lipinski definition) is 1. The average Bonchev–Trinajstić information content (AvgIpc) is 3.45. The van der Waals surface area contributed by atoms with Gasteiger partial charge in [-0.1, -0.05) is 52.7 Å². The maximum Gasteiger partial charge on any atom is 0.265 e. The molecule has 4 rings (SSSR count). The number of amides is 2. The molecular weight excluding hydrogens is 493 g/mol. The number of carbonyl (C=O) groups is 2. The maximum atomic E-state index is 13.5. The van der Waals surface area contributed by atoms with Crippen LogP contribution in [0.3, 0.4) is 0 Å². The zero-order chi connectivity index (χ0) is 24.2. The Hall–Kier alpha value is -3.18. The minimum absolute atomic E-state index is 0.120. The second kappa shape index (κ2) is 10.4. The van der Waals surface area contributed by atoms with Crippen LogP contribution >= 0.6 is 35.0 Å². The van der Waals surface area contributed by atoms with Gasteiger partial charge >= 0.3 is 0 Å². The number of nitrogens with zero attached hydrogens (tertiary/aromatic N) is 2. The Balaban J connectivity index is 1.70. The van der Waals surface area contributed by atoms with Crippen LogP contribution in [0.1, 0.15) is 16.9 Å². The smallest absolute Gasteiger partial charge is 0.265 e. The summed E-state index contributed by atoms with van der Waals surface area (Å²) in [7, 11) is 0. The van der Waals surface area contributed by atoms with E-state index >= 15 is 0 Å². The van der Waals surface area contributed by atoms with Gasteiger partial charge in [-0.2, -0.15) is 5.26 Å². The van der Waals surface area contributed by atoms with Crippen molar-refractivity contribution in [2.75, 3.05) is 4.90 Å². The van der Waals surface area contributed by atoms with Gasteiger partial charge in [0, 0.05) is 15.7 Å². The van der Waals surface area contributed by atoms with Crippen molar-refractivity contribution in [1.29, 1.82) is 5.26 Å². The molecule has 34 heavy (non-hydrogen) atoms. The lowest BCUT2D eigenvalue weighted by atomic mass is 10.1. The number of furan rings is 1. The highest BCUT2D eigenvalue weighted by atomic mass is 35.5. The normalized spacial score (nSPS) is 16.9. The summed E-state index contributed by atoms with van der Waals surface area (Å²) in [5.41, 5.74) is 2.16. The molecule has 1 N–H and O–H groups in total. The van der Waals surface area contributed by atoms with Gasteiger partial charge in [0.2, 0.25) is 5.91 Å². The summed E-state index contributed by atoms with van der Waals surface area (Å²) in [6.07, 6.45) is 1.79. The second-order valence-electron chi connectivity index (χ2n) is 7.61. The molecule has 0 bridgehead atoms. The van der Waals surface area contributed by atoms with Crippen LogP contribution in [0.5, 0.6) is 0 Å². The molecule has 172 valence electrons. The molecule has 9 heteroatoms. The van der Waals surface area contributed by atoms with E-state index in [9.17, 15) is 14.9 Å². The van der Waals surface area contributed by atoms with Crippen molar-refractivity contribution >= 4 is 52.5 Å². The SMILES string of the molecule is Cc1ccc(N2C(=O)C(Cc3cc(Cl)ccc3Cl)SC2=C(C#N)C(=O)NCc2ccco2)cc1. The number of halogens is 2. The third-order valence-electron chi connectivity index (χ3n) is 5.21. The first-order valence-electron chi connectivity index (χ1n) is 10.3. The van der Waals surface area contributed by atoms with E-state index in [4.69, 9.17) is 27.6 Å². The second-order valence-corrected chi connectivity index (χ2v) is 9.64. The highest BCUT2D eigenvalue weighted by molar-refractivity contribution is 8.05. The lowest BCUT2D eigenvalue weighted by Crippen LogP contribution is -2.32. The summed E-state index contributed by atoms with van der Waals surface area (Å²) in [6, 6.07) is 17.8. The van der Waals surface area contributed by atoms with E-state index in [0.29, 0.717) is 33.5 Å². The van der Waals surface area contributed by atoms with Crippen LogP contribution in [0.2, 0.25) is 10.0 Å². The highest BCUT2D eigenvalue weighted by Crippen LogP contribution is 2.42. The Morgan fingerprint density at radius 2 is 1.97 bits per heavy atom. The molecule has 0 radical (unpaired) electrons. The fraction of sp³-hybridized carbons (Fsp3) is 0.160. The highest BCUT2D eigenvalue weighted by Gasteiger charge is 2.41. The number of aryl methyl sites for hydroxylation is 1. The molecule has 3 aromatic rings. The molecule has 1 aliphatic heterocycles. The van der Waals surface area contributed by atoms with Gasteiger partial charge in [0.25, 0.3) is 5.91 Å². The first-order chi connectivity index (χ1) is 16.4. The lowest BCUT2D eigenvalue weighted by Gasteiger charge is -2.19. The summed E-state index contributed by atoms with van der Waals surface area (Å²) < 4.78 is 5.24. The maximum absolute atomic E-state index is 13.5. The minimum atomic E-state index is -0.590. The predicted octanol–water partition coefficient (Wildman–Crippen LogP) is 5.64. The molecule has 2 aromatic carbocycles. The summed E-state index contributed by atoms with van der Waals surface area (Å²) in [4.78, 5) is 27.9. The van der Waals surface area contributed by atoms with Crippen molar-refractivity contribution in [2.24, 2.45) is 0 Å². The fourth-order valence-electron chi connectivity index (χ4n) is 3.48. The molecule has 0 spiro atoms. The van der Waals surface area contributed by atoms with Crippen molar-refractivity contribution in [1.82, 2.24) is 5.32 Å². The van der Waals surface area contributed by atoms with E-state index in [-0.39, 0.29) is 23.1 Å². The number of anilines is 1. The van der Waals surface area contributed by atoms with Crippen LogP contribution in [0.15, 0.2) is 75.9 Å². The number of nitrogens with one attached hydrogen (secondary N) is 1. The number of nitriles is 1. The standard InChI is InChI=1S/C25H19Cl2N3O3S/c1-15-4-7-18(8-5-15)30-24(32)22(12-16-11-17(26)6-9-21(16)27)34-25(30)20(13-28)23(31)29-14-19-3-2-10-33-19/h2-11,22H,12,14H2,1H3,(H,29,31). The largest absolute Gasteiger partial charge is 0.467 e.